The van der Waals surface area contributed by atoms with Crippen molar-refractivity contribution in [1.29, 1.82) is 0 Å². The van der Waals surface area contributed by atoms with Crippen molar-refractivity contribution in [2.24, 2.45) is 0 Å². The van der Waals surface area contributed by atoms with Crippen molar-refractivity contribution in [3.63, 3.8) is 0 Å². The summed E-state index contributed by atoms with van der Waals surface area (Å²) in [6, 6.07) is 10.3. The molecule has 0 aliphatic carbocycles. The van der Waals surface area contributed by atoms with Gasteiger partial charge in [-0.15, -0.1) is 5.10 Å². The van der Waals surface area contributed by atoms with Gasteiger partial charge in [-0.3, -0.25) is 0 Å². The third kappa shape index (κ3) is 2.53. The first-order valence-corrected chi connectivity index (χ1v) is 5.26. The van der Waals surface area contributed by atoms with Crippen LogP contribution in [0.4, 0.5) is 0 Å². The smallest absolute Gasteiger partial charge is 0.284 e. The molecule has 0 aliphatic rings. The number of aromatic nitrogens is 2. The number of benzene rings is 1. The third-order valence-corrected chi connectivity index (χ3v) is 2.51. The highest BCUT2D eigenvalue weighted by molar-refractivity contribution is 7.71. The lowest BCUT2D eigenvalue weighted by Crippen LogP contribution is -1.98. The highest BCUT2D eigenvalue weighted by atomic mass is 32.1. The van der Waals surface area contributed by atoms with Crippen molar-refractivity contribution in [2.45, 2.75) is 19.3 Å². The molecule has 1 atom stereocenters. The average Bonchev–Trinajstić information content (AvgIpc) is 2.65. The summed E-state index contributed by atoms with van der Waals surface area (Å²) < 4.78 is 5.22. The van der Waals surface area contributed by atoms with E-state index in [1.165, 1.54) is 5.56 Å². The number of aromatic amines is 1. The lowest BCUT2D eigenvalue weighted by Gasteiger charge is -2.08. The minimum Gasteiger partial charge on any atom is -0.414 e. The van der Waals surface area contributed by atoms with Gasteiger partial charge in [0, 0.05) is 6.42 Å². The number of nitrogens with one attached hydrogen (secondary N) is 1. The van der Waals surface area contributed by atoms with Crippen molar-refractivity contribution in [3.8, 4) is 0 Å². The molecule has 0 spiro atoms. The molecule has 1 N–H and O–H groups in total. The van der Waals surface area contributed by atoms with Crippen molar-refractivity contribution in [2.75, 3.05) is 0 Å². The Morgan fingerprint density at radius 3 is 2.73 bits per heavy atom. The van der Waals surface area contributed by atoms with Crippen LogP contribution in [0.3, 0.4) is 0 Å². The largest absolute Gasteiger partial charge is 0.414 e. The Morgan fingerprint density at radius 1 is 1.40 bits per heavy atom. The average molecular weight is 220 g/mol. The topological polar surface area (TPSA) is 41.8 Å². The van der Waals surface area contributed by atoms with E-state index in [2.05, 4.69) is 29.3 Å². The van der Waals surface area contributed by atoms with Gasteiger partial charge in [0.05, 0.1) is 0 Å². The van der Waals surface area contributed by atoms with E-state index in [4.69, 9.17) is 16.6 Å². The Morgan fingerprint density at radius 2 is 2.13 bits per heavy atom. The number of hydrogen-bond donors (Lipinski definition) is 1. The van der Waals surface area contributed by atoms with Crippen LogP contribution in [0.15, 0.2) is 34.7 Å². The second kappa shape index (κ2) is 4.40. The van der Waals surface area contributed by atoms with Crippen LogP contribution in [-0.2, 0) is 6.42 Å². The van der Waals surface area contributed by atoms with Gasteiger partial charge in [0.2, 0.25) is 5.89 Å². The fourth-order valence-electron chi connectivity index (χ4n) is 1.51. The minimum atomic E-state index is 0.338. The summed E-state index contributed by atoms with van der Waals surface area (Å²) in [6.07, 6.45) is 0.761. The SMILES string of the molecule is CC(Cc1n[nH]c(=S)o1)c1ccccc1. The maximum atomic E-state index is 5.22. The Bertz CT molecular complexity index is 475. The molecule has 1 heterocycles. The van der Waals surface area contributed by atoms with Gasteiger partial charge < -0.3 is 4.42 Å². The maximum Gasteiger partial charge on any atom is 0.284 e. The van der Waals surface area contributed by atoms with Crippen molar-refractivity contribution >= 4 is 12.2 Å². The van der Waals surface area contributed by atoms with Crippen LogP contribution >= 0.6 is 12.2 Å². The maximum absolute atomic E-state index is 5.22. The first kappa shape index (κ1) is 10.1. The van der Waals surface area contributed by atoms with E-state index >= 15 is 0 Å². The summed E-state index contributed by atoms with van der Waals surface area (Å²) in [5.74, 6) is 1.05. The van der Waals surface area contributed by atoms with Crippen LogP contribution in [0.5, 0.6) is 0 Å². The standard InChI is InChI=1S/C11H12N2OS/c1-8(9-5-3-2-4-6-9)7-10-12-13-11(15)14-10/h2-6,8H,7H2,1H3,(H,13,15). The lowest BCUT2D eigenvalue weighted by atomic mass is 9.98. The molecule has 0 bridgehead atoms. The number of nitrogens with zero attached hydrogens (tertiary/aromatic N) is 1. The van der Waals surface area contributed by atoms with E-state index in [0.29, 0.717) is 16.6 Å². The monoisotopic (exact) mass is 220 g/mol. The zero-order valence-electron chi connectivity index (χ0n) is 8.43. The van der Waals surface area contributed by atoms with E-state index in [1.54, 1.807) is 0 Å². The molecule has 15 heavy (non-hydrogen) atoms. The van der Waals surface area contributed by atoms with E-state index < -0.39 is 0 Å². The number of H-pyrrole nitrogens is 1. The van der Waals surface area contributed by atoms with Crippen molar-refractivity contribution in [1.82, 2.24) is 10.2 Å². The van der Waals surface area contributed by atoms with Crippen LogP contribution in [-0.4, -0.2) is 10.2 Å². The Labute approximate surface area is 93.1 Å². The zero-order chi connectivity index (χ0) is 10.7. The zero-order valence-corrected chi connectivity index (χ0v) is 9.25. The molecule has 0 saturated heterocycles. The Hall–Kier alpha value is -1.42. The van der Waals surface area contributed by atoms with Gasteiger partial charge in [0.1, 0.15) is 0 Å². The second-order valence-electron chi connectivity index (χ2n) is 3.52. The first-order valence-electron chi connectivity index (χ1n) is 4.85. The summed E-state index contributed by atoms with van der Waals surface area (Å²) in [4.78, 5) is 0.338. The molecule has 78 valence electrons. The van der Waals surface area contributed by atoms with E-state index in [0.717, 1.165) is 6.42 Å². The van der Waals surface area contributed by atoms with E-state index in [9.17, 15) is 0 Å². The molecule has 4 heteroatoms. The summed E-state index contributed by atoms with van der Waals surface area (Å²) in [5.41, 5.74) is 1.28. The van der Waals surface area contributed by atoms with Gasteiger partial charge in [-0.1, -0.05) is 37.3 Å². The Balaban J connectivity index is 2.10. The van der Waals surface area contributed by atoms with Crippen LogP contribution in [0.25, 0.3) is 0 Å². The molecular formula is C11H12N2OS. The highest BCUT2D eigenvalue weighted by Crippen LogP contribution is 2.18. The molecule has 1 aromatic carbocycles. The van der Waals surface area contributed by atoms with Gasteiger partial charge in [-0.2, -0.15) is 0 Å². The first-order chi connectivity index (χ1) is 7.25. The van der Waals surface area contributed by atoms with Crippen molar-refractivity contribution < 1.29 is 4.42 Å². The molecule has 2 rings (SSSR count). The highest BCUT2D eigenvalue weighted by Gasteiger charge is 2.09. The van der Waals surface area contributed by atoms with Gasteiger partial charge in [0.25, 0.3) is 4.84 Å². The molecule has 0 aliphatic heterocycles. The van der Waals surface area contributed by atoms with Gasteiger partial charge in [0.15, 0.2) is 0 Å². The normalized spacial score (nSPS) is 12.6. The van der Waals surface area contributed by atoms with Crippen LogP contribution in [0.2, 0.25) is 0 Å². The van der Waals surface area contributed by atoms with E-state index in [1.807, 2.05) is 18.2 Å². The molecule has 0 radical (unpaired) electrons. The van der Waals surface area contributed by atoms with Crippen LogP contribution in [0, 0.1) is 4.84 Å². The number of rotatable bonds is 3. The Kier molecular flexibility index (Phi) is 2.97. The molecule has 3 nitrogen and oxygen atoms in total. The lowest BCUT2D eigenvalue weighted by molar-refractivity contribution is 0.466. The fourth-order valence-corrected chi connectivity index (χ4v) is 1.65. The molecule has 1 unspecified atom stereocenters. The summed E-state index contributed by atoms with van der Waals surface area (Å²) in [6.45, 7) is 2.14. The van der Waals surface area contributed by atoms with Gasteiger partial charge in [-0.05, 0) is 23.7 Å². The summed E-state index contributed by atoms with van der Waals surface area (Å²) >= 11 is 4.82. The molecule has 0 amide bonds. The van der Waals surface area contributed by atoms with Crippen LogP contribution < -0.4 is 0 Å². The predicted octanol–water partition coefficient (Wildman–Crippen LogP) is 3.08. The fraction of sp³-hybridized carbons (Fsp3) is 0.273. The quantitative estimate of drug-likeness (QED) is 0.808. The summed E-state index contributed by atoms with van der Waals surface area (Å²) in [7, 11) is 0. The second-order valence-corrected chi connectivity index (χ2v) is 3.89. The van der Waals surface area contributed by atoms with Crippen LogP contribution in [0.1, 0.15) is 24.3 Å². The molecule has 0 saturated carbocycles. The molecular weight excluding hydrogens is 208 g/mol. The minimum absolute atomic E-state index is 0.338. The van der Waals surface area contributed by atoms with Gasteiger partial charge in [-0.25, -0.2) is 5.10 Å². The number of hydrogen-bond acceptors (Lipinski definition) is 3. The molecule has 0 fully saturated rings. The van der Waals surface area contributed by atoms with E-state index in [-0.39, 0.29) is 0 Å². The molecule has 2 aromatic rings. The predicted molar refractivity (Wildman–Crippen MR) is 60.2 cm³/mol. The third-order valence-electron chi connectivity index (χ3n) is 2.33. The molecule has 1 aromatic heterocycles. The van der Waals surface area contributed by atoms with Gasteiger partial charge >= 0.3 is 0 Å². The van der Waals surface area contributed by atoms with Crippen molar-refractivity contribution in [3.05, 3.63) is 46.6 Å². The summed E-state index contributed by atoms with van der Waals surface area (Å²) in [5, 5.41) is 6.61.